The summed E-state index contributed by atoms with van der Waals surface area (Å²) in [6.45, 7) is -1.23. The number of hydrogen-bond acceptors (Lipinski definition) is 2. The van der Waals surface area contributed by atoms with E-state index >= 15 is 0 Å². The number of halogens is 2. The summed E-state index contributed by atoms with van der Waals surface area (Å²) in [6, 6.07) is 1.85. The summed E-state index contributed by atoms with van der Waals surface area (Å²) in [5.41, 5.74) is 0.946. The largest absolute Gasteiger partial charge is 0.390 e. The predicted molar refractivity (Wildman–Crippen MR) is 49.2 cm³/mol. The second-order valence-electron chi connectivity index (χ2n) is 3.30. The highest BCUT2D eigenvalue weighted by atomic mass is 19.3. The van der Waals surface area contributed by atoms with Crippen LogP contribution in [0.15, 0.2) is 18.5 Å². The topological polar surface area (TPSA) is 37.2 Å². The van der Waals surface area contributed by atoms with E-state index in [4.69, 9.17) is 5.11 Å². The van der Waals surface area contributed by atoms with E-state index in [0.29, 0.717) is 6.54 Å². The highest BCUT2D eigenvalue weighted by molar-refractivity contribution is 5.09. The smallest absolute Gasteiger partial charge is 0.282 e. The average Bonchev–Trinajstić information content (AvgIpc) is 2.51. The molecule has 0 aliphatic heterocycles. The normalized spacial score (nSPS) is 12.0. The molecule has 0 saturated carbocycles. The first-order valence-corrected chi connectivity index (χ1v) is 4.34. The number of nitrogens with zero attached hydrogens (tertiary/aromatic N) is 1. The van der Waals surface area contributed by atoms with Crippen molar-refractivity contribution in [1.82, 2.24) is 9.88 Å². The van der Waals surface area contributed by atoms with Gasteiger partial charge in [0.1, 0.15) is 6.61 Å². The Labute approximate surface area is 81.4 Å². The Morgan fingerprint density at radius 1 is 1.57 bits per heavy atom. The Hall–Kier alpha value is -0.940. The fourth-order valence-corrected chi connectivity index (χ4v) is 1.11. The van der Waals surface area contributed by atoms with Gasteiger partial charge in [-0.15, -0.1) is 0 Å². The van der Waals surface area contributed by atoms with Gasteiger partial charge < -0.3 is 15.0 Å². The number of alkyl halides is 2. The van der Waals surface area contributed by atoms with Crippen LogP contribution in [0.25, 0.3) is 0 Å². The molecule has 2 N–H and O–H groups in total. The number of aliphatic hydroxyl groups excluding tert-OH is 1. The number of aliphatic hydroxyl groups is 1. The van der Waals surface area contributed by atoms with Crippen LogP contribution in [0.1, 0.15) is 5.56 Å². The quantitative estimate of drug-likeness (QED) is 0.742. The van der Waals surface area contributed by atoms with Crippen LogP contribution in [0.5, 0.6) is 0 Å². The van der Waals surface area contributed by atoms with Crippen molar-refractivity contribution in [3.05, 3.63) is 24.0 Å². The van der Waals surface area contributed by atoms with Gasteiger partial charge >= 0.3 is 0 Å². The third-order valence-corrected chi connectivity index (χ3v) is 1.84. The Morgan fingerprint density at radius 2 is 2.29 bits per heavy atom. The molecule has 0 fully saturated rings. The fourth-order valence-electron chi connectivity index (χ4n) is 1.11. The molecule has 0 amide bonds. The van der Waals surface area contributed by atoms with Crippen molar-refractivity contribution >= 4 is 0 Å². The molecule has 0 radical (unpaired) electrons. The Kier molecular flexibility index (Phi) is 3.60. The second kappa shape index (κ2) is 4.52. The first-order chi connectivity index (χ1) is 6.53. The third-order valence-electron chi connectivity index (χ3n) is 1.84. The number of rotatable bonds is 5. The van der Waals surface area contributed by atoms with E-state index in [1.807, 2.05) is 30.1 Å². The van der Waals surface area contributed by atoms with Crippen LogP contribution >= 0.6 is 0 Å². The second-order valence-corrected chi connectivity index (χ2v) is 3.30. The summed E-state index contributed by atoms with van der Waals surface area (Å²) < 4.78 is 26.9. The van der Waals surface area contributed by atoms with Gasteiger partial charge in [-0.25, -0.2) is 8.78 Å². The fraction of sp³-hybridized carbons (Fsp3) is 0.556. The molecule has 0 aliphatic rings. The predicted octanol–water partition coefficient (Wildman–Crippen LogP) is 0.742. The summed E-state index contributed by atoms with van der Waals surface area (Å²) >= 11 is 0. The van der Waals surface area contributed by atoms with E-state index in [0.717, 1.165) is 5.56 Å². The van der Waals surface area contributed by atoms with Gasteiger partial charge in [-0.3, -0.25) is 0 Å². The average molecular weight is 204 g/mol. The molecule has 0 atom stereocenters. The zero-order valence-electron chi connectivity index (χ0n) is 8.00. The Balaban J connectivity index is 2.28. The number of aromatic nitrogens is 1. The monoisotopic (exact) mass is 204 g/mol. The third kappa shape index (κ3) is 3.43. The summed E-state index contributed by atoms with van der Waals surface area (Å²) in [4.78, 5) is 0. The van der Waals surface area contributed by atoms with Crippen molar-refractivity contribution in [3.63, 3.8) is 0 Å². The van der Waals surface area contributed by atoms with Gasteiger partial charge in [0.25, 0.3) is 5.92 Å². The summed E-state index contributed by atoms with van der Waals surface area (Å²) in [7, 11) is 1.87. The van der Waals surface area contributed by atoms with Crippen LogP contribution in [0.4, 0.5) is 8.78 Å². The summed E-state index contributed by atoms with van der Waals surface area (Å²) in [5.74, 6) is -3.03. The van der Waals surface area contributed by atoms with E-state index < -0.39 is 19.1 Å². The molecule has 0 unspecified atom stereocenters. The molecule has 0 saturated heterocycles. The minimum absolute atomic E-state index is 0.385. The van der Waals surface area contributed by atoms with Crippen LogP contribution < -0.4 is 5.32 Å². The van der Waals surface area contributed by atoms with E-state index in [9.17, 15) is 8.78 Å². The van der Waals surface area contributed by atoms with Gasteiger partial charge in [0, 0.05) is 26.0 Å². The highest BCUT2D eigenvalue weighted by Crippen LogP contribution is 2.10. The Bertz CT molecular complexity index is 286. The lowest BCUT2D eigenvalue weighted by atomic mass is 10.3. The van der Waals surface area contributed by atoms with Crippen molar-refractivity contribution in [2.45, 2.75) is 12.5 Å². The molecule has 1 heterocycles. The Morgan fingerprint density at radius 3 is 2.79 bits per heavy atom. The first-order valence-electron chi connectivity index (χ1n) is 4.34. The standard InChI is InChI=1S/C9H14F2N2O/c1-13-3-2-8(5-13)4-12-6-9(10,11)7-14/h2-3,5,12,14H,4,6-7H2,1H3. The zero-order valence-corrected chi connectivity index (χ0v) is 8.00. The molecule has 14 heavy (non-hydrogen) atoms. The zero-order chi connectivity index (χ0) is 10.6. The van der Waals surface area contributed by atoms with Crippen LogP contribution in [-0.4, -0.2) is 28.7 Å². The SMILES string of the molecule is Cn1ccc(CNCC(F)(F)CO)c1. The molecule has 3 nitrogen and oxygen atoms in total. The van der Waals surface area contributed by atoms with Gasteiger partial charge in [-0.2, -0.15) is 0 Å². The van der Waals surface area contributed by atoms with Crippen molar-refractivity contribution in [1.29, 1.82) is 0 Å². The minimum Gasteiger partial charge on any atom is -0.390 e. The number of aryl methyl sites for hydroxylation is 1. The van der Waals surface area contributed by atoms with E-state index in [1.54, 1.807) is 0 Å². The van der Waals surface area contributed by atoms with Crippen LogP contribution in [0, 0.1) is 0 Å². The molecule has 1 rings (SSSR count). The molecule has 5 heteroatoms. The molecular formula is C9H14F2N2O. The van der Waals surface area contributed by atoms with Crippen molar-refractivity contribution < 1.29 is 13.9 Å². The minimum atomic E-state index is -3.03. The maximum absolute atomic E-state index is 12.5. The van der Waals surface area contributed by atoms with Crippen LogP contribution in [-0.2, 0) is 13.6 Å². The molecule has 0 bridgehead atoms. The number of nitrogens with one attached hydrogen (secondary N) is 1. The van der Waals surface area contributed by atoms with Gasteiger partial charge in [0.05, 0.1) is 6.54 Å². The molecule has 0 aliphatic carbocycles. The first kappa shape index (κ1) is 11.1. The maximum Gasteiger partial charge on any atom is 0.282 e. The van der Waals surface area contributed by atoms with Gasteiger partial charge in [0.15, 0.2) is 0 Å². The molecular weight excluding hydrogens is 190 g/mol. The van der Waals surface area contributed by atoms with Crippen molar-refractivity contribution in [2.24, 2.45) is 7.05 Å². The lowest BCUT2D eigenvalue weighted by Gasteiger charge is -2.13. The van der Waals surface area contributed by atoms with E-state index in [-0.39, 0.29) is 0 Å². The summed E-state index contributed by atoms with van der Waals surface area (Å²) in [6.07, 6.45) is 3.70. The van der Waals surface area contributed by atoms with Gasteiger partial charge in [-0.1, -0.05) is 0 Å². The van der Waals surface area contributed by atoms with E-state index in [2.05, 4.69) is 5.32 Å². The van der Waals surface area contributed by atoms with Crippen LogP contribution in [0.2, 0.25) is 0 Å². The van der Waals surface area contributed by atoms with Gasteiger partial charge in [-0.05, 0) is 11.6 Å². The van der Waals surface area contributed by atoms with Crippen molar-refractivity contribution in [3.8, 4) is 0 Å². The maximum atomic E-state index is 12.5. The lowest BCUT2D eigenvalue weighted by Crippen LogP contribution is -2.35. The van der Waals surface area contributed by atoms with E-state index in [1.165, 1.54) is 0 Å². The molecule has 1 aromatic rings. The molecule has 80 valence electrons. The van der Waals surface area contributed by atoms with Crippen molar-refractivity contribution in [2.75, 3.05) is 13.2 Å². The lowest BCUT2D eigenvalue weighted by molar-refractivity contribution is -0.0477. The highest BCUT2D eigenvalue weighted by Gasteiger charge is 2.26. The van der Waals surface area contributed by atoms with Gasteiger partial charge in [0.2, 0.25) is 0 Å². The number of hydrogen-bond donors (Lipinski definition) is 2. The molecule has 0 aromatic carbocycles. The molecule has 0 spiro atoms. The van der Waals surface area contributed by atoms with Crippen LogP contribution in [0.3, 0.4) is 0 Å². The molecule has 1 aromatic heterocycles. The summed E-state index contributed by atoms with van der Waals surface area (Å²) in [5, 5.41) is 10.9.